The molecule has 0 atom stereocenters. The molecule has 3 N–H and O–H groups in total. The van der Waals surface area contributed by atoms with Gasteiger partial charge in [0.05, 0.1) is 0 Å². The normalized spacial score (nSPS) is 11.6. The first kappa shape index (κ1) is 15.7. The molecule has 1 rings (SSSR count). The molecule has 19 heavy (non-hydrogen) atoms. The summed E-state index contributed by atoms with van der Waals surface area (Å²) < 4.78 is 23.9. The molecule has 1 aromatic heterocycles. The lowest BCUT2D eigenvalue weighted by molar-refractivity contribution is 0.0744. The fourth-order valence-corrected chi connectivity index (χ4v) is 2.31. The molecule has 0 spiro atoms. The molecule has 0 aliphatic carbocycles. The Bertz CT molecular complexity index is 550. The SMILES string of the molecule is CCN(CCCO)C(=O)c1cc(S(N)(=O)=O)cn1C. The highest BCUT2D eigenvalue weighted by Gasteiger charge is 2.20. The van der Waals surface area contributed by atoms with Crippen molar-refractivity contribution >= 4 is 15.9 Å². The van der Waals surface area contributed by atoms with Crippen LogP contribution >= 0.6 is 0 Å². The van der Waals surface area contributed by atoms with Crippen LogP contribution in [0, 0.1) is 0 Å². The summed E-state index contributed by atoms with van der Waals surface area (Å²) in [6.07, 6.45) is 1.79. The molecule has 1 aromatic rings. The molecule has 0 aliphatic rings. The second-order valence-corrected chi connectivity index (χ2v) is 5.74. The Balaban J connectivity index is 3.02. The first-order chi connectivity index (χ1) is 8.81. The first-order valence-corrected chi connectivity index (χ1v) is 7.45. The largest absolute Gasteiger partial charge is 0.396 e. The molecular weight excluding hydrogens is 270 g/mol. The number of carbonyl (C=O) groups excluding carboxylic acids is 1. The van der Waals surface area contributed by atoms with Crippen molar-refractivity contribution in [3.63, 3.8) is 0 Å². The van der Waals surface area contributed by atoms with E-state index < -0.39 is 10.0 Å². The van der Waals surface area contributed by atoms with Crippen LogP contribution in [0.4, 0.5) is 0 Å². The van der Waals surface area contributed by atoms with Crippen LogP contribution in [0.5, 0.6) is 0 Å². The number of primary sulfonamides is 1. The van der Waals surface area contributed by atoms with E-state index in [1.165, 1.54) is 16.8 Å². The lowest BCUT2D eigenvalue weighted by Gasteiger charge is -2.20. The van der Waals surface area contributed by atoms with Gasteiger partial charge in [-0.2, -0.15) is 0 Å². The highest BCUT2D eigenvalue weighted by molar-refractivity contribution is 7.89. The predicted octanol–water partition coefficient (Wildman–Crippen LogP) is -0.483. The zero-order valence-electron chi connectivity index (χ0n) is 11.0. The van der Waals surface area contributed by atoms with Crippen LogP contribution < -0.4 is 5.14 Å². The molecule has 8 heteroatoms. The topological polar surface area (TPSA) is 106 Å². The van der Waals surface area contributed by atoms with Gasteiger partial charge in [-0.25, -0.2) is 13.6 Å². The molecule has 0 aromatic carbocycles. The highest BCUT2D eigenvalue weighted by atomic mass is 32.2. The highest BCUT2D eigenvalue weighted by Crippen LogP contribution is 2.14. The zero-order chi connectivity index (χ0) is 14.6. The second kappa shape index (κ2) is 6.18. The Labute approximate surface area is 112 Å². The summed E-state index contributed by atoms with van der Waals surface area (Å²) in [4.78, 5) is 13.7. The van der Waals surface area contributed by atoms with Crippen LogP contribution in [-0.2, 0) is 17.1 Å². The van der Waals surface area contributed by atoms with Crippen LogP contribution in [0.25, 0.3) is 0 Å². The van der Waals surface area contributed by atoms with Crippen molar-refractivity contribution in [2.45, 2.75) is 18.2 Å². The number of sulfonamides is 1. The summed E-state index contributed by atoms with van der Waals surface area (Å²) in [5.41, 5.74) is 0.254. The fourth-order valence-electron chi connectivity index (χ4n) is 1.73. The Hall–Kier alpha value is -1.38. The van der Waals surface area contributed by atoms with Crippen molar-refractivity contribution in [1.82, 2.24) is 9.47 Å². The molecule has 0 saturated carbocycles. The number of nitrogens with zero attached hydrogens (tertiary/aromatic N) is 2. The maximum atomic E-state index is 12.2. The molecule has 0 radical (unpaired) electrons. The second-order valence-electron chi connectivity index (χ2n) is 4.18. The Morgan fingerprint density at radius 2 is 2.16 bits per heavy atom. The fraction of sp³-hybridized carbons (Fsp3) is 0.545. The van der Waals surface area contributed by atoms with Gasteiger partial charge in [0.15, 0.2) is 0 Å². The van der Waals surface area contributed by atoms with Gasteiger partial charge in [-0.05, 0) is 19.4 Å². The van der Waals surface area contributed by atoms with E-state index in [0.29, 0.717) is 19.5 Å². The van der Waals surface area contributed by atoms with E-state index in [1.807, 2.05) is 6.92 Å². The van der Waals surface area contributed by atoms with Gasteiger partial charge in [0.25, 0.3) is 5.91 Å². The molecule has 0 bridgehead atoms. The minimum absolute atomic E-state index is 0.000649. The van der Waals surface area contributed by atoms with Crippen LogP contribution in [-0.4, -0.2) is 48.6 Å². The van der Waals surface area contributed by atoms with Crippen LogP contribution in [0.1, 0.15) is 23.8 Å². The van der Waals surface area contributed by atoms with Crippen molar-refractivity contribution < 1.29 is 18.3 Å². The van der Waals surface area contributed by atoms with Gasteiger partial charge in [0.1, 0.15) is 10.6 Å². The molecule has 0 aliphatic heterocycles. The van der Waals surface area contributed by atoms with Gasteiger partial charge in [0, 0.05) is 32.9 Å². The van der Waals surface area contributed by atoms with Gasteiger partial charge < -0.3 is 14.6 Å². The number of nitrogens with two attached hydrogens (primary N) is 1. The number of carbonyl (C=O) groups is 1. The predicted molar refractivity (Wildman–Crippen MR) is 70.1 cm³/mol. The third kappa shape index (κ3) is 3.79. The Morgan fingerprint density at radius 1 is 1.53 bits per heavy atom. The third-order valence-electron chi connectivity index (χ3n) is 2.78. The van der Waals surface area contributed by atoms with Crippen LogP contribution in [0.15, 0.2) is 17.2 Å². The molecular formula is C11H19N3O4S. The standard InChI is InChI=1S/C11H19N3O4S/c1-3-14(5-4-6-15)11(16)10-7-9(8-13(10)2)19(12,17)18/h7-8,15H,3-6H2,1-2H3,(H2,12,17,18). The van der Waals surface area contributed by atoms with Crippen molar-refractivity contribution in [3.8, 4) is 0 Å². The van der Waals surface area contributed by atoms with Gasteiger partial charge in [-0.15, -0.1) is 0 Å². The van der Waals surface area contributed by atoms with E-state index in [9.17, 15) is 13.2 Å². The van der Waals surface area contributed by atoms with Crippen molar-refractivity contribution in [2.24, 2.45) is 12.2 Å². The minimum Gasteiger partial charge on any atom is -0.396 e. The van der Waals surface area contributed by atoms with E-state index in [2.05, 4.69) is 0 Å². The summed E-state index contributed by atoms with van der Waals surface area (Å²) in [5.74, 6) is -0.284. The van der Waals surface area contributed by atoms with Gasteiger partial charge in [-0.3, -0.25) is 4.79 Å². The first-order valence-electron chi connectivity index (χ1n) is 5.90. The van der Waals surface area contributed by atoms with Gasteiger partial charge in [0.2, 0.25) is 10.0 Å². The summed E-state index contributed by atoms with van der Waals surface area (Å²) in [6.45, 7) is 2.72. The number of hydrogen-bond acceptors (Lipinski definition) is 4. The molecule has 108 valence electrons. The van der Waals surface area contributed by atoms with E-state index >= 15 is 0 Å². The molecule has 0 saturated heterocycles. The number of rotatable bonds is 6. The third-order valence-corrected chi connectivity index (χ3v) is 3.66. The van der Waals surface area contributed by atoms with E-state index in [1.54, 1.807) is 11.9 Å². The molecule has 7 nitrogen and oxygen atoms in total. The lowest BCUT2D eigenvalue weighted by Crippen LogP contribution is -2.33. The number of hydrogen-bond donors (Lipinski definition) is 2. The number of aromatic nitrogens is 1. The summed E-state index contributed by atoms with van der Waals surface area (Å²) in [6, 6.07) is 1.26. The van der Waals surface area contributed by atoms with Crippen molar-refractivity contribution in [3.05, 3.63) is 18.0 Å². The summed E-state index contributed by atoms with van der Waals surface area (Å²) in [7, 11) is -2.23. The quantitative estimate of drug-likeness (QED) is 0.737. The molecule has 1 amide bonds. The molecule has 0 fully saturated rings. The number of aliphatic hydroxyl groups is 1. The number of aliphatic hydroxyl groups excluding tert-OH is 1. The van der Waals surface area contributed by atoms with Gasteiger partial charge in [-0.1, -0.05) is 0 Å². The summed E-state index contributed by atoms with van der Waals surface area (Å²) >= 11 is 0. The average molecular weight is 289 g/mol. The van der Waals surface area contributed by atoms with Crippen LogP contribution in [0.2, 0.25) is 0 Å². The van der Waals surface area contributed by atoms with Crippen LogP contribution in [0.3, 0.4) is 0 Å². The zero-order valence-corrected chi connectivity index (χ0v) is 11.9. The molecule has 1 heterocycles. The number of amides is 1. The molecule has 0 unspecified atom stereocenters. The van der Waals surface area contributed by atoms with E-state index in [-0.39, 0.29) is 23.1 Å². The Kier molecular flexibility index (Phi) is 5.10. The van der Waals surface area contributed by atoms with Gasteiger partial charge >= 0.3 is 0 Å². The number of aryl methyl sites for hydroxylation is 1. The van der Waals surface area contributed by atoms with E-state index in [4.69, 9.17) is 10.2 Å². The average Bonchev–Trinajstić information content (AvgIpc) is 2.72. The van der Waals surface area contributed by atoms with E-state index in [0.717, 1.165) is 0 Å². The summed E-state index contributed by atoms with van der Waals surface area (Å²) in [5, 5.41) is 13.8. The minimum atomic E-state index is -3.82. The maximum absolute atomic E-state index is 12.2. The maximum Gasteiger partial charge on any atom is 0.270 e. The van der Waals surface area contributed by atoms with Crippen molar-refractivity contribution in [2.75, 3.05) is 19.7 Å². The monoisotopic (exact) mass is 289 g/mol. The lowest BCUT2D eigenvalue weighted by atomic mass is 10.3. The Morgan fingerprint density at radius 3 is 2.58 bits per heavy atom. The smallest absolute Gasteiger partial charge is 0.270 e. The van der Waals surface area contributed by atoms with Crippen molar-refractivity contribution in [1.29, 1.82) is 0 Å².